The molecule has 1 fully saturated rings. The molecule has 2 heterocycles. The highest BCUT2D eigenvalue weighted by molar-refractivity contribution is 6.03. The molecule has 2 aliphatic heterocycles. The van der Waals surface area contributed by atoms with Gasteiger partial charge in [0.2, 0.25) is 12.6 Å². The van der Waals surface area contributed by atoms with Gasteiger partial charge >= 0.3 is 6.09 Å². The first kappa shape index (κ1) is 46.2. The summed E-state index contributed by atoms with van der Waals surface area (Å²) < 4.78 is 43.7. The number of oxime groups is 1. The Labute approximate surface area is 375 Å². The summed E-state index contributed by atoms with van der Waals surface area (Å²) in [6.45, 7) is 10.6. The average Bonchev–Trinajstić information content (AvgIpc) is 3.79. The normalized spacial score (nSPS) is 23.2. The van der Waals surface area contributed by atoms with Gasteiger partial charge in [-0.2, -0.15) is 0 Å². The second kappa shape index (κ2) is 21.7. The summed E-state index contributed by atoms with van der Waals surface area (Å²) in [4.78, 5) is 34.2. The Hall–Kier alpha value is -5.83. The van der Waals surface area contributed by atoms with Gasteiger partial charge in [0.25, 0.3) is 0 Å². The Kier molecular flexibility index (Phi) is 15.7. The number of methoxy groups -OCH3 is 1. The number of aliphatic hydroxyl groups is 2. The monoisotopic (exact) mass is 880 g/mol. The molecule has 7 rings (SSSR count). The molecule has 2 N–H and O–H groups in total. The van der Waals surface area contributed by atoms with Gasteiger partial charge in [-0.3, -0.25) is 9.69 Å². The van der Waals surface area contributed by atoms with E-state index in [-0.39, 0.29) is 63.9 Å². The Morgan fingerprint density at radius 3 is 2.47 bits per heavy atom. The Morgan fingerprint density at radius 2 is 1.72 bits per heavy atom. The van der Waals surface area contributed by atoms with Gasteiger partial charge in [-0.25, -0.2) is 4.79 Å². The van der Waals surface area contributed by atoms with E-state index in [9.17, 15) is 19.8 Å². The van der Waals surface area contributed by atoms with Crippen molar-refractivity contribution in [1.82, 2.24) is 4.90 Å². The number of ether oxygens (including phenoxy) is 7. The molecule has 3 aromatic carbocycles. The summed E-state index contributed by atoms with van der Waals surface area (Å²) in [6, 6.07) is 15.5. The van der Waals surface area contributed by atoms with E-state index < -0.39 is 23.8 Å². The van der Waals surface area contributed by atoms with Gasteiger partial charge < -0.3 is 48.2 Å². The first-order valence-corrected chi connectivity index (χ1v) is 22.3. The topological polar surface area (TPSA) is 164 Å². The summed E-state index contributed by atoms with van der Waals surface area (Å²) in [5, 5.41) is 24.7. The Morgan fingerprint density at radius 1 is 0.953 bits per heavy atom. The number of hydrogen-bond acceptors (Lipinski definition) is 13. The summed E-state index contributed by atoms with van der Waals surface area (Å²) in [6.07, 6.45) is 10.8. The average molecular weight is 881 g/mol. The standard InChI is InChI=1S/C50H60N2O12/c1-5-8-24-58-49(56)52(30-33-15-18-44-45(25-33)60-32-59-44)46-29-41(51-62-7-3)39-27-34(13-9-11-21-53)38(14-10-12-22-54)47-40-28-37(63-36-16-19-42(57-4)35(26-36)31-55)17-20-43(40)64-50(46,48(39)47)61-23-6-2/h5-6,15-20,25-28,31,34,38,46-48,53-54H,1-2,7-14,21-24,29-30,32H2,3-4H3. The molecule has 0 radical (unpaired) electrons. The van der Waals surface area contributed by atoms with E-state index in [1.54, 1.807) is 35.3 Å². The molecular formula is C50H60N2O12. The fourth-order valence-corrected chi connectivity index (χ4v) is 9.71. The predicted molar refractivity (Wildman–Crippen MR) is 239 cm³/mol. The van der Waals surface area contributed by atoms with Crippen molar-refractivity contribution in [3.63, 3.8) is 0 Å². The summed E-state index contributed by atoms with van der Waals surface area (Å²) in [5.74, 6) is 0.813. The van der Waals surface area contributed by atoms with Gasteiger partial charge in [-0.15, -0.1) is 13.2 Å². The molecule has 6 unspecified atom stereocenters. The number of unbranched alkanes of at least 4 members (excludes halogenated alkanes) is 2. The molecule has 342 valence electrons. The van der Waals surface area contributed by atoms with E-state index >= 15 is 0 Å². The third-order valence-electron chi connectivity index (χ3n) is 12.5. The molecule has 6 atom stereocenters. The number of aldehydes is 1. The van der Waals surface area contributed by atoms with E-state index in [1.165, 1.54) is 7.11 Å². The third kappa shape index (κ3) is 9.79. The number of nitrogens with zero attached hydrogens (tertiary/aromatic N) is 2. The number of amides is 1. The van der Waals surface area contributed by atoms with Crippen LogP contribution in [0.5, 0.6) is 34.5 Å². The van der Waals surface area contributed by atoms with Crippen molar-refractivity contribution in [2.24, 2.45) is 22.9 Å². The summed E-state index contributed by atoms with van der Waals surface area (Å²) in [5.41, 5.74) is 3.56. The zero-order valence-electron chi connectivity index (χ0n) is 36.8. The van der Waals surface area contributed by atoms with Crippen LogP contribution in [-0.4, -0.2) is 92.0 Å². The van der Waals surface area contributed by atoms with Crippen LogP contribution >= 0.6 is 0 Å². The van der Waals surface area contributed by atoms with E-state index in [4.69, 9.17) is 43.2 Å². The molecule has 2 aliphatic carbocycles. The molecular weight excluding hydrogens is 821 g/mol. The zero-order valence-corrected chi connectivity index (χ0v) is 36.8. The lowest BCUT2D eigenvalue weighted by Crippen LogP contribution is -2.70. The first-order chi connectivity index (χ1) is 31.3. The second-order valence-corrected chi connectivity index (χ2v) is 16.3. The van der Waals surface area contributed by atoms with Crippen LogP contribution in [0.3, 0.4) is 0 Å². The highest BCUT2D eigenvalue weighted by Crippen LogP contribution is 2.62. The molecule has 0 spiro atoms. The molecule has 1 saturated carbocycles. The van der Waals surface area contributed by atoms with Crippen LogP contribution in [0, 0.1) is 17.8 Å². The highest BCUT2D eigenvalue weighted by atomic mass is 16.7. The van der Waals surface area contributed by atoms with Gasteiger partial charge in [0.05, 0.1) is 37.5 Å². The minimum atomic E-state index is -1.51. The first-order valence-electron chi connectivity index (χ1n) is 22.3. The van der Waals surface area contributed by atoms with Crippen LogP contribution in [0.1, 0.15) is 85.7 Å². The predicted octanol–water partition coefficient (Wildman–Crippen LogP) is 8.90. The fraction of sp³-hybridized carbons (Fsp3) is 0.460. The summed E-state index contributed by atoms with van der Waals surface area (Å²) >= 11 is 0. The molecule has 4 aliphatic rings. The van der Waals surface area contributed by atoms with Gasteiger partial charge in [0, 0.05) is 37.7 Å². The van der Waals surface area contributed by atoms with Crippen molar-refractivity contribution in [3.05, 3.63) is 108 Å². The molecule has 0 aromatic heterocycles. The van der Waals surface area contributed by atoms with Crippen LogP contribution in [-0.2, 0) is 20.9 Å². The van der Waals surface area contributed by atoms with Crippen LogP contribution in [0.15, 0.2) is 96.7 Å². The number of hydrogen-bond donors (Lipinski definition) is 2. The fourth-order valence-electron chi connectivity index (χ4n) is 9.71. The van der Waals surface area contributed by atoms with Gasteiger partial charge in [-0.1, -0.05) is 42.3 Å². The number of allylic oxidation sites excluding steroid dienone is 1. The number of carbonyl (C=O) groups excluding carboxylic acids is 2. The lowest BCUT2D eigenvalue weighted by molar-refractivity contribution is -0.256. The van der Waals surface area contributed by atoms with E-state index in [0.29, 0.717) is 71.6 Å². The van der Waals surface area contributed by atoms with Crippen LogP contribution < -0.4 is 23.7 Å². The summed E-state index contributed by atoms with van der Waals surface area (Å²) in [7, 11) is 1.51. The van der Waals surface area contributed by atoms with Crippen molar-refractivity contribution >= 4 is 18.1 Å². The van der Waals surface area contributed by atoms with E-state index in [2.05, 4.69) is 19.2 Å². The number of benzene rings is 3. The number of fused-ring (bicyclic) bond motifs is 3. The van der Waals surface area contributed by atoms with Crippen molar-refractivity contribution in [1.29, 1.82) is 0 Å². The van der Waals surface area contributed by atoms with Gasteiger partial charge in [0.15, 0.2) is 17.8 Å². The smallest absolute Gasteiger partial charge is 0.410 e. The van der Waals surface area contributed by atoms with Crippen LogP contribution in [0.25, 0.3) is 0 Å². The maximum Gasteiger partial charge on any atom is 0.410 e. The number of rotatable bonds is 23. The molecule has 0 saturated heterocycles. The largest absolute Gasteiger partial charge is 0.496 e. The molecule has 64 heavy (non-hydrogen) atoms. The maximum atomic E-state index is 14.7. The lowest BCUT2D eigenvalue weighted by atomic mass is 9.55. The Bertz CT molecular complexity index is 2190. The quantitative estimate of drug-likeness (QED) is 0.0403. The molecule has 14 heteroatoms. The maximum absolute atomic E-state index is 14.7. The third-order valence-corrected chi connectivity index (χ3v) is 12.5. The van der Waals surface area contributed by atoms with Gasteiger partial charge in [0.1, 0.15) is 35.6 Å². The molecule has 0 bridgehead atoms. The second-order valence-electron chi connectivity index (χ2n) is 16.3. The number of aliphatic hydroxyl groups excluding tert-OH is 2. The zero-order chi connectivity index (χ0) is 45.1. The SMILES string of the molecule is C=CCCOC(=O)N(Cc1ccc2c(c1)OCO2)C1CC(=NOCC)C2=CC(CCCCO)C(CCCCO)C3c4cc(Oc5ccc(OC)c(C=O)c5)ccc4OC1(OCC=C)C23. The minimum absolute atomic E-state index is 0.0137. The Balaban J connectivity index is 1.44. The van der Waals surface area contributed by atoms with Crippen LogP contribution in [0.4, 0.5) is 4.79 Å². The highest BCUT2D eigenvalue weighted by Gasteiger charge is 2.65. The molecule has 1 amide bonds. The number of carbonyl (C=O) groups is 2. The van der Waals surface area contributed by atoms with Crippen molar-refractivity contribution < 1.29 is 57.8 Å². The van der Waals surface area contributed by atoms with E-state index in [0.717, 1.165) is 48.7 Å². The van der Waals surface area contributed by atoms with Crippen molar-refractivity contribution in [2.45, 2.75) is 82.6 Å². The van der Waals surface area contributed by atoms with Crippen molar-refractivity contribution in [2.75, 3.05) is 46.9 Å². The molecule has 14 nitrogen and oxygen atoms in total. The minimum Gasteiger partial charge on any atom is -0.496 e. The van der Waals surface area contributed by atoms with Crippen LogP contribution in [0.2, 0.25) is 0 Å². The van der Waals surface area contributed by atoms with Crippen molar-refractivity contribution in [3.8, 4) is 34.5 Å². The van der Waals surface area contributed by atoms with Gasteiger partial charge in [-0.05, 0) is 111 Å². The lowest BCUT2D eigenvalue weighted by Gasteiger charge is -2.59. The van der Waals surface area contributed by atoms with E-state index in [1.807, 2.05) is 43.3 Å². The molecule has 3 aromatic rings.